The molecule has 1 saturated carbocycles. The molecule has 3 heterocycles. The largest absolute Gasteiger partial charge is 0.495 e. The van der Waals surface area contributed by atoms with Crippen LogP contribution in [-0.4, -0.2) is 61.1 Å². The topological polar surface area (TPSA) is 120 Å². The van der Waals surface area contributed by atoms with Crippen molar-refractivity contribution in [2.75, 3.05) is 18.6 Å². The van der Waals surface area contributed by atoms with Crippen LogP contribution < -0.4 is 19.5 Å². The number of amides is 1. The first-order valence-corrected chi connectivity index (χ1v) is 15.5. The highest BCUT2D eigenvalue weighted by Crippen LogP contribution is 2.32. The normalized spacial score (nSPS) is 20.7. The lowest BCUT2D eigenvalue weighted by molar-refractivity contribution is 0.0915. The summed E-state index contributed by atoms with van der Waals surface area (Å²) in [5.41, 5.74) is 0.811. The Balaban J connectivity index is 1.21. The molecule has 202 valence electrons. The number of hydrogen-bond donors (Lipinski definition) is 2. The molecule has 0 radical (unpaired) electrons. The predicted octanol–water partition coefficient (Wildman–Crippen LogP) is 3.93. The molecule has 1 aliphatic heterocycles. The average Bonchev–Trinajstić information content (AvgIpc) is 2.94. The van der Waals surface area contributed by atoms with E-state index in [9.17, 15) is 13.2 Å². The molecule has 2 aromatic heterocycles. The molecule has 11 heteroatoms. The van der Waals surface area contributed by atoms with Gasteiger partial charge >= 0.3 is 0 Å². The van der Waals surface area contributed by atoms with E-state index in [1.54, 1.807) is 42.7 Å². The molecule has 1 aliphatic carbocycles. The van der Waals surface area contributed by atoms with Crippen molar-refractivity contribution in [1.29, 1.82) is 0 Å². The van der Waals surface area contributed by atoms with Crippen LogP contribution in [-0.2, 0) is 10.0 Å². The van der Waals surface area contributed by atoms with E-state index in [2.05, 4.69) is 20.0 Å². The Morgan fingerprint density at radius 2 is 1.66 bits per heavy atom. The van der Waals surface area contributed by atoms with E-state index in [0.717, 1.165) is 29.7 Å². The summed E-state index contributed by atoms with van der Waals surface area (Å²) in [6, 6.07) is 10.2. The van der Waals surface area contributed by atoms with Gasteiger partial charge in [0.1, 0.15) is 17.4 Å². The average molecular weight is 557 g/mol. The quantitative estimate of drug-likeness (QED) is 0.428. The first-order chi connectivity index (χ1) is 18.4. The van der Waals surface area contributed by atoms with Crippen molar-refractivity contribution in [2.45, 2.75) is 61.6 Å². The highest BCUT2D eigenvalue weighted by molar-refractivity contribution is 7.99. The minimum Gasteiger partial charge on any atom is -0.495 e. The number of rotatable bonds is 8. The van der Waals surface area contributed by atoms with Gasteiger partial charge in [0.25, 0.3) is 5.91 Å². The molecule has 5 rings (SSSR count). The number of pyridine rings is 2. The smallest absolute Gasteiger partial charge is 0.256 e. The molecular weight excluding hydrogens is 524 g/mol. The molecule has 0 unspecified atom stereocenters. The number of nitrogens with one attached hydrogen (secondary N) is 2. The summed E-state index contributed by atoms with van der Waals surface area (Å²) < 4.78 is 41.1. The van der Waals surface area contributed by atoms with E-state index in [-0.39, 0.29) is 34.7 Å². The van der Waals surface area contributed by atoms with Crippen molar-refractivity contribution in [3.8, 4) is 11.6 Å². The molecule has 0 bridgehead atoms. The van der Waals surface area contributed by atoms with Gasteiger partial charge in [0.2, 0.25) is 15.9 Å². The number of nitrogens with zero attached hydrogens (tertiary/aromatic N) is 2. The van der Waals surface area contributed by atoms with Crippen molar-refractivity contribution in [1.82, 2.24) is 20.0 Å². The second kappa shape index (κ2) is 11.9. The van der Waals surface area contributed by atoms with Gasteiger partial charge in [-0.15, -0.1) is 0 Å². The van der Waals surface area contributed by atoms with Crippen LogP contribution in [0.4, 0.5) is 0 Å². The summed E-state index contributed by atoms with van der Waals surface area (Å²) >= 11 is 1.92. The number of carbonyl (C=O) groups excluding carboxylic acids is 1. The van der Waals surface area contributed by atoms with Gasteiger partial charge in [0.05, 0.1) is 12.6 Å². The highest BCUT2D eigenvalue weighted by atomic mass is 32.2. The van der Waals surface area contributed by atoms with Crippen molar-refractivity contribution < 1.29 is 22.7 Å². The Bertz CT molecular complexity index is 1390. The van der Waals surface area contributed by atoms with Crippen LogP contribution in [0.1, 0.15) is 48.9 Å². The molecule has 1 saturated heterocycles. The van der Waals surface area contributed by atoms with Crippen molar-refractivity contribution in [3.63, 3.8) is 0 Å². The number of benzene rings is 1. The van der Waals surface area contributed by atoms with E-state index in [4.69, 9.17) is 9.47 Å². The van der Waals surface area contributed by atoms with Gasteiger partial charge < -0.3 is 14.8 Å². The number of ether oxygens (including phenoxy) is 2. The van der Waals surface area contributed by atoms with Crippen LogP contribution in [0.25, 0.3) is 10.9 Å². The SMILES string of the molecule is COc1ccc2cccnc2c1S(=O)(=O)NC1CCC(NC(=O)c2cccnc2OC2CCSCC2)CC1. The molecule has 0 atom stereocenters. The van der Waals surface area contributed by atoms with Gasteiger partial charge in [0.15, 0.2) is 4.90 Å². The summed E-state index contributed by atoms with van der Waals surface area (Å²) in [7, 11) is -2.44. The fraction of sp³-hybridized carbons (Fsp3) is 0.444. The van der Waals surface area contributed by atoms with Gasteiger partial charge in [-0.05, 0) is 80.4 Å². The van der Waals surface area contributed by atoms with Crippen LogP contribution in [0.5, 0.6) is 11.6 Å². The molecule has 9 nitrogen and oxygen atoms in total. The van der Waals surface area contributed by atoms with Gasteiger partial charge in [-0.3, -0.25) is 9.78 Å². The molecule has 1 amide bonds. The van der Waals surface area contributed by atoms with E-state index in [0.29, 0.717) is 42.6 Å². The Morgan fingerprint density at radius 3 is 2.42 bits per heavy atom. The van der Waals surface area contributed by atoms with Gasteiger partial charge in [-0.25, -0.2) is 18.1 Å². The van der Waals surface area contributed by atoms with E-state index in [1.165, 1.54) is 7.11 Å². The van der Waals surface area contributed by atoms with Crippen molar-refractivity contribution in [3.05, 3.63) is 54.4 Å². The zero-order valence-corrected chi connectivity index (χ0v) is 22.9. The van der Waals surface area contributed by atoms with E-state index in [1.807, 2.05) is 17.8 Å². The number of carbonyl (C=O) groups is 1. The third-order valence-corrected chi connectivity index (χ3v) is 9.65. The minimum absolute atomic E-state index is 0.0502. The summed E-state index contributed by atoms with van der Waals surface area (Å²) in [6.45, 7) is 0. The maximum absolute atomic E-state index is 13.4. The summed E-state index contributed by atoms with van der Waals surface area (Å²) in [5.74, 6) is 2.52. The first kappa shape index (κ1) is 26.7. The van der Waals surface area contributed by atoms with E-state index >= 15 is 0 Å². The molecule has 38 heavy (non-hydrogen) atoms. The Kier molecular flexibility index (Phi) is 8.35. The molecule has 2 N–H and O–H groups in total. The molecule has 2 aliphatic rings. The second-order valence-electron chi connectivity index (χ2n) is 9.60. The number of thioether (sulfide) groups is 1. The zero-order chi connectivity index (χ0) is 26.5. The Morgan fingerprint density at radius 1 is 0.947 bits per heavy atom. The van der Waals surface area contributed by atoms with Crippen LogP contribution in [0.15, 0.2) is 53.7 Å². The summed E-state index contributed by atoms with van der Waals surface area (Å²) in [4.78, 5) is 21.8. The number of fused-ring (bicyclic) bond motifs is 1. The van der Waals surface area contributed by atoms with Crippen molar-refractivity contribution >= 4 is 38.6 Å². The van der Waals surface area contributed by atoms with Gasteiger partial charge in [-0.2, -0.15) is 11.8 Å². The zero-order valence-electron chi connectivity index (χ0n) is 21.3. The molecular formula is C27H32N4O5S2. The van der Waals surface area contributed by atoms with Crippen LogP contribution in [0.3, 0.4) is 0 Å². The monoisotopic (exact) mass is 556 g/mol. The number of hydrogen-bond acceptors (Lipinski definition) is 8. The maximum atomic E-state index is 13.4. The van der Waals surface area contributed by atoms with Gasteiger partial charge in [-0.1, -0.05) is 6.07 Å². The van der Waals surface area contributed by atoms with Crippen LogP contribution in [0.2, 0.25) is 0 Å². The minimum atomic E-state index is -3.88. The Labute approximate surface area is 227 Å². The fourth-order valence-corrected chi connectivity index (χ4v) is 7.72. The first-order valence-electron chi connectivity index (χ1n) is 12.9. The molecule has 2 fully saturated rings. The second-order valence-corrected chi connectivity index (χ2v) is 12.5. The molecule has 0 spiro atoms. The van der Waals surface area contributed by atoms with Crippen LogP contribution >= 0.6 is 11.8 Å². The van der Waals surface area contributed by atoms with Gasteiger partial charge in [0, 0.05) is 29.9 Å². The Hall–Kier alpha value is -2.89. The number of aromatic nitrogens is 2. The molecule has 3 aromatic rings. The third-order valence-electron chi connectivity index (χ3n) is 7.03. The maximum Gasteiger partial charge on any atom is 0.256 e. The fourth-order valence-electron chi connectivity index (χ4n) is 5.03. The standard InChI is InChI=1S/C27H32N4O5S2/c1-35-23-11-6-18-4-2-14-28-24(18)25(23)38(33,34)31-20-9-7-19(8-10-20)30-26(32)22-5-3-15-29-27(22)36-21-12-16-37-17-13-21/h2-6,11,14-15,19-21,31H,7-10,12-13,16-17H2,1H3,(H,30,32). The lowest BCUT2D eigenvalue weighted by atomic mass is 9.91. The van der Waals surface area contributed by atoms with Crippen molar-refractivity contribution in [2.24, 2.45) is 0 Å². The summed E-state index contributed by atoms with van der Waals surface area (Å²) in [6.07, 6.45) is 7.69. The predicted molar refractivity (Wildman–Crippen MR) is 147 cm³/mol. The highest BCUT2D eigenvalue weighted by Gasteiger charge is 2.30. The van der Waals surface area contributed by atoms with Crippen LogP contribution in [0, 0.1) is 0 Å². The number of sulfonamides is 1. The summed E-state index contributed by atoms with van der Waals surface area (Å²) in [5, 5.41) is 3.82. The lowest BCUT2D eigenvalue weighted by Crippen LogP contribution is -2.44. The van der Waals surface area contributed by atoms with E-state index < -0.39 is 10.0 Å². The molecule has 1 aromatic carbocycles. The number of methoxy groups -OCH3 is 1. The lowest BCUT2D eigenvalue weighted by Gasteiger charge is -2.30. The third kappa shape index (κ3) is 6.05.